The van der Waals surface area contributed by atoms with E-state index in [-0.39, 0.29) is 29.6 Å². The Kier molecular flexibility index (Phi) is 5.19. The van der Waals surface area contributed by atoms with Crippen LogP contribution < -0.4 is 5.32 Å². The van der Waals surface area contributed by atoms with E-state index in [1.54, 1.807) is 12.3 Å². The molecule has 0 saturated heterocycles. The highest BCUT2D eigenvalue weighted by atomic mass is 79.9. The molecular formula is C13H16BrClN2O2. The van der Waals surface area contributed by atoms with Crippen LogP contribution in [-0.4, -0.2) is 28.6 Å². The number of halogens is 2. The molecule has 0 radical (unpaired) electrons. The van der Waals surface area contributed by atoms with Crippen LogP contribution in [0, 0.1) is 5.92 Å². The number of amides is 1. The monoisotopic (exact) mass is 346 g/mol. The first-order valence-electron chi connectivity index (χ1n) is 6.34. The molecule has 1 aliphatic carbocycles. The fourth-order valence-electron chi connectivity index (χ4n) is 2.44. The van der Waals surface area contributed by atoms with Crippen LogP contribution in [0.5, 0.6) is 0 Å². The number of hydrogen-bond donors (Lipinski definition) is 2. The molecule has 2 atom stereocenters. The molecule has 4 nitrogen and oxygen atoms in total. The Bertz CT molecular complexity index is 470. The SMILES string of the molecule is O=C(NC1CCCCC1CO)c1cc(Br)cnc1Cl. The highest BCUT2D eigenvalue weighted by Gasteiger charge is 2.26. The number of carbonyl (C=O) groups excluding carboxylic acids is 1. The van der Waals surface area contributed by atoms with Crippen molar-refractivity contribution in [1.29, 1.82) is 0 Å². The quantitative estimate of drug-likeness (QED) is 0.827. The van der Waals surface area contributed by atoms with E-state index < -0.39 is 0 Å². The van der Waals surface area contributed by atoms with E-state index in [2.05, 4.69) is 26.2 Å². The van der Waals surface area contributed by atoms with Crippen molar-refractivity contribution in [2.24, 2.45) is 5.92 Å². The van der Waals surface area contributed by atoms with Crippen molar-refractivity contribution in [3.8, 4) is 0 Å². The largest absolute Gasteiger partial charge is 0.396 e. The van der Waals surface area contributed by atoms with E-state index in [9.17, 15) is 9.90 Å². The highest BCUT2D eigenvalue weighted by Crippen LogP contribution is 2.25. The van der Waals surface area contributed by atoms with Crippen LogP contribution in [0.3, 0.4) is 0 Å². The summed E-state index contributed by atoms with van der Waals surface area (Å²) in [7, 11) is 0. The van der Waals surface area contributed by atoms with E-state index in [1.165, 1.54) is 0 Å². The average molecular weight is 348 g/mol. The van der Waals surface area contributed by atoms with Gasteiger partial charge >= 0.3 is 0 Å². The van der Waals surface area contributed by atoms with E-state index in [0.717, 1.165) is 25.7 Å². The standard InChI is InChI=1S/C13H16BrClN2O2/c14-9-5-10(12(15)16-6-9)13(19)17-11-4-2-1-3-8(11)7-18/h5-6,8,11,18H,1-4,7H2,(H,17,19). The zero-order valence-electron chi connectivity index (χ0n) is 10.4. The number of aliphatic hydroxyl groups is 1. The number of rotatable bonds is 3. The minimum Gasteiger partial charge on any atom is -0.396 e. The van der Waals surface area contributed by atoms with Crippen molar-refractivity contribution in [1.82, 2.24) is 10.3 Å². The summed E-state index contributed by atoms with van der Waals surface area (Å²) in [5, 5.41) is 12.5. The van der Waals surface area contributed by atoms with Gasteiger partial charge in [0, 0.05) is 29.2 Å². The van der Waals surface area contributed by atoms with Gasteiger partial charge in [0.15, 0.2) is 0 Å². The first kappa shape index (κ1) is 14.8. The van der Waals surface area contributed by atoms with Crippen LogP contribution in [0.4, 0.5) is 0 Å². The van der Waals surface area contributed by atoms with Gasteiger partial charge in [0.25, 0.3) is 5.91 Å². The van der Waals surface area contributed by atoms with Crippen LogP contribution in [0.2, 0.25) is 5.15 Å². The molecule has 0 spiro atoms. The molecule has 1 aliphatic rings. The Morgan fingerprint density at radius 3 is 3.00 bits per heavy atom. The second-order valence-electron chi connectivity index (χ2n) is 4.80. The number of carbonyl (C=O) groups is 1. The minimum atomic E-state index is -0.232. The Morgan fingerprint density at radius 1 is 1.53 bits per heavy atom. The Morgan fingerprint density at radius 2 is 2.26 bits per heavy atom. The van der Waals surface area contributed by atoms with Gasteiger partial charge < -0.3 is 10.4 Å². The average Bonchev–Trinajstić information content (AvgIpc) is 2.42. The Labute approximate surface area is 125 Å². The van der Waals surface area contributed by atoms with Crippen molar-refractivity contribution >= 4 is 33.4 Å². The molecule has 1 saturated carbocycles. The summed E-state index contributed by atoms with van der Waals surface area (Å²) in [6.07, 6.45) is 5.58. The predicted octanol–water partition coefficient (Wildman–Crippen LogP) is 2.78. The van der Waals surface area contributed by atoms with Gasteiger partial charge in [-0.1, -0.05) is 24.4 Å². The third kappa shape index (κ3) is 3.68. The number of aromatic nitrogens is 1. The van der Waals surface area contributed by atoms with E-state index in [1.807, 2.05) is 0 Å². The van der Waals surface area contributed by atoms with Crippen molar-refractivity contribution in [2.75, 3.05) is 6.61 Å². The fraction of sp³-hybridized carbons (Fsp3) is 0.538. The maximum Gasteiger partial charge on any atom is 0.254 e. The lowest BCUT2D eigenvalue weighted by atomic mass is 9.85. The Hall–Kier alpha value is -0.650. The third-order valence-electron chi connectivity index (χ3n) is 3.51. The second-order valence-corrected chi connectivity index (χ2v) is 6.07. The van der Waals surface area contributed by atoms with E-state index in [4.69, 9.17) is 11.6 Å². The Balaban J connectivity index is 2.09. The maximum absolute atomic E-state index is 12.2. The number of pyridine rings is 1. The zero-order chi connectivity index (χ0) is 13.8. The number of nitrogens with one attached hydrogen (secondary N) is 1. The molecule has 2 N–H and O–H groups in total. The predicted molar refractivity (Wildman–Crippen MR) is 77.2 cm³/mol. The number of hydrogen-bond acceptors (Lipinski definition) is 3. The van der Waals surface area contributed by atoms with Gasteiger partial charge in [-0.2, -0.15) is 0 Å². The summed E-state index contributed by atoms with van der Waals surface area (Å²) >= 11 is 9.21. The molecule has 1 fully saturated rings. The van der Waals surface area contributed by atoms with Gasteiger partial charge in [-0.15, -0.1) is 0 Å². The van der Waals surface area contributed by atoms with Crippen molar-refractivity contribution < 1.29 is 9.90 Å². The lowest BCUT2D eigenvalue weighted by Crippen LogP contribution is -2.43. The maximum atomic E-state index is 12.2. The molecule has 1 heterocycles. The van der Waals surface area contributed by atoms with Gasteiger partial charge in [-0.25, -0.2) is 4.98 Å². The van der Waals surface area contributed by atoms with E-state index >= 15 is 0 Å². The summed E-state index contributed by atoms with van der Waals surface area (Å²) in [6, 6.07) is 1.67. The van der Waals surface area contributed by atoms with Gasteiger partial charge in [-0.3, -0.25) is 4.79 Å². The van der Waals surface area contributed by atoms with Crippen LogP contribution >= 0.6 is 27.5 Å². The molecule has 1 amide bonds. The van der Waals surface area contributed by atoms with Crippen LogP contribution in [-0.2, 0) is 0 Å². The number of aliphatic hydroxyl groups excluding tert-OH is 1. The molecule has 2 rings (SSSR count). The van der Waals surface area contributed by atoms with Crippen LogP contribution in [0.1, 0.15) is 36.0 Å². The fourth-order valence-corrected chi connectivity index (χ4v) is 2.96. The lowest BCUT2D eigenvalue weighted by molar-refractivity contribution is 0.0872. The molecule has 0 bridgehead atoms. The summed E-state index contributed by atoms with van der Waals surface area (Å²) in [6.45, 7) is 0.107. The lowest BCUT2D eigenvalue weighted by Gasteiger charge is -2.30. The second kappa shape index (κ2) is 6.68. The van der Waals surface area contributed by atoms with E-state index in [0.29, 0.717) is 10.0 Å². The third-order valence-corrected chi connectivity index (χ3v) is 4.25. The summed E-state index contributed by atoms with van der Waals surface area (Å²) in [5.41, 5.74) is 0.360. The first-order chi connectivity index (χ1) is 9.11. The minimum absolute atomic E-state index is 0.0151. The van der Waals surface area contributed by atoms with Crippen molar-refractivity contribution in [3.05, 3.63) is 27.5 Å². The normalized spacial score (nSPS) is 23.1. The molecule has 19 heavy (non-hydrogen) atoms. The zero-order valence-corrected chi connectivity index (χ0v) is 12.7. The molecule has 0 aromatic carbocycles. The smallest absolute Gasteiger partial charge is 0.254 e. The molecule has 2 unspecified atom stereocenters. The van der Waals surface area contributed by atoms with Crippen LogP contribution in [0.15, 0.2) is 16.7 Å². The molecular weight excluding hydrogens is 332 g/mol. The van der Waals surface area contributed by atoms with Gasteiger partial charge in [0.05, 0.1) is 5.56 Å². The van der Waals surface area contributed by atoms with Crippen LogP contribution in [0.25, 0.3) is 0 Å². The molecule has 6 heteroatoms. The molecule has 0 aliphatic heterocycles. The van der Waals surface area contributed by atoms with Crippen molar-refractivity contribution in [3.63, 3.8) is 0 Å². The first-order valence-corrected chi connectivity index (χ1v) is 7.51. The molecule has 1 aromatic heterocycles. The summed E-state index contributed by atoms with van der Waals surface area (Å²) in [4.78, 5) is 16.1. The summed E-state index contributed by atoms with van der Waals surface area (Å²) in [5.74, 6) is -0.0965. The van der Waals surface area contributed by atoms with Crippen molar-refractivity contribution in [2.45, 2.75) is 31.7 Å². The topological polar surface area (TPSA) is 62.2 Å². The van der Waals surface area contributed by atoms with Gasteiger partial charge in [0.1, 0.15) is 5.15 Å². The van der Waals surface area contributed by atoms with Gasteiger partial charge in [-0.05, 0) is 34.8 Å². The molecule has 1 aromatic rings. The number of nitrogens with zero attached hydrogens (tertiary/aromatic N) is 1. The molecule has 104 valence electrons. The highest BCUT2D eigenvalue weighted by molar-refractivity contribution is 9.10. The van der Waals surface area contributed by atoms with Gasteiger partial charge in [0.2, 0.25) is 0 Å². The summed E-state index contributed by atoms with van der Waals surface area (Å²) < 4.78 is 0.712.